The van der Waals surface area contributed by atoms with E-state index in [1.807, 2.05) is 6.92 Å². The summed E-state index contributed by atoms with van der Waals surface area (Å²) in [5.41, 5.74) is 1.68. The maximum atomic E-state index is 13.2. The largest absolute Gasteiger partial charge is 0.329 e. The monoisotopic (exact) mass is 302 g/mol. The molecule has 4 nitrogen and oxygen atoms in total. The molecule has 0 fully saturated rings. The highest BCUT2D eigenvalue weighted by molar-refractivity contribution is 8.13. The predicted octanol–water partition coefficient (Wildman–Crippen LogP) is 2.61. The number of benzene rings is 1. The standard InChI is InChI=1S/C12H12ClFN2O2S/c1-8-3-4-11(14)5-10(8)6-16-7-12(15-9(16)2)19(13,17)18/h3-5,7H,6H2,1-2H3. The second-order valence-corrected chi connectivity index (χ2v) is 6.78. The fraction of sp³-hybridized carbons (Fsp3) is 0.250. The summed E-state index contributed by atoms with van der Waals surface area (Å²) >= 11 is 0. The normalized spacial score (nSPS) is 11.8. The van der Waals surface area contributed by atoms with Gasteiger partial charge in [0.05, 0.1) is 0 Å². The number of hydrogen-bond donors (Lipinski definition) is 0. The Bertz CT molecular complexity index is 725. The summed E-state index contributed by atoms with van der Waals surface area (Å²) in [7, 11) is 1.39. The molecule has 0 aliphatic carbocycles. The molecule has 2 rings (SSSR count). The smallest absolute Gasteiger partial charge is 0.280 e. The Morgan fingerprint density at radius 2 is 2.05 bits per heavy atom. The zero-order valence-electron chi connectivity index (χ0n) is 10.4. The maximum absolute atomic E-state index is 13.2. The van der Waals surface area contributed by atoms with Crippen LogP contribution in [0.5, 0.6) is 0 Å². The molecule has 0 unspecified atom stereocenters. The third-order valence-electron chi connectivity index (χ3n) is 2.86. The van der Waals surface area contributed by atoms with E-state index in [0.717, 1.165) is 11.1 Å². The van der Waals surface area contributed by atoms with Crippen molar-refractivity contribution in [3.05, 3.63) is 47.2 Å². The van der Waals surface area contributed by atoms with Gasteiger partial charge in [-0.3, -0.25) is 0 Å². The van der Waals surface area contributed by atoms with Crippen molar-refractivity contribution in [3.8, 4) is 0 Å². The molecule has 1 aromatic carbocycles. The van der Waals surface area contributed by atoms with Gasteiger partial charge in [0, 0.05) is 23.4 Å². The van der Waals surface area contributed by atoms with E-state index in [-0.39, 0.29) is 10.8 Å². The van der Waals surface area contributed by atoms with Crippen LogP contribution in [0.25, 0.3) is 0 Å². The fourth-order valence-electron chi connectivity index (χ4n) is 1.75. The lowest BCUT2D eigenvalue weighted by atomic mass is 10.1. The van der Waals surface area contributed by atoms with Crippen LogP contribution < -0.4 is 0 Å². The molecule has 2 aromatic rings. The molecule has 0 spiro atoms. The van der Waals surface area contributed by atoms with Crippen molar-refractivity contribution >= 4 is 19.7 Å². The molecule has 19 heavy (non-hydrogen) atoms. The van der Waals surface area contributed by atoms with Crippen LogP contribution in [0.2, 0.25) is 0 Å². The molecular weight excluding hydrogens is 291 g/mol. The van der Waals surface area contributed by atoms with Crippen molar-refractivity contribution in [3.63, 3.8) is 0 Å². The van der Waals surface area contributed by atoms with Crippen LogP contribution >= 0.6 is 10.7 Å². The first-order valence-electron chi connectivity index (χ1n) is 5.51. The molecule has 0 aliphatic heterocycles. The van der Waals surface area contributed by atoms with Crippen molar-refractivity contribution in [2.45, 2.75) is 25.4 Å². The topological polar surface area (TPSA) is 52.0 Å². The van der Waals surface area contributed by atoms with Gasteiger partial charge in [-0.25, -0.2) is 17.8 Å². The van der Waals surface area contributed by atoms with Gasteiger partial charge < -0.3 is 4.57 Å². The van der Waals surface area contributed by atoms with Gasteiger partial charge in [-0.1, -0.05) is 6.07 Å². The summed E-state index contributed by atoms with van der Waals surface area (Å²) < 4.78 is 37.2. The van der Waals surface area contributed by atoms with Gasteiger partial charge in [-0.2, -0.15) is 0 Å². The van der Waals surface area contributed by atoms with E-state index < -0.39 is 9.05 Å². The molecule has 0 amide bonds. The van der Waals surface area contributed by atoms with Gasteiger partial charge in [0.25, 0.3) is 9.05 Å². The molecule has 0 aliphatic rings. The minimum atomic E-state index is -3.85. The van der Waals surface area contributed by atoms with Gasteiger partial charge in [0.15, 0.2) is 5.03 Å². The Morgan fingerprint density at radius 3 is 2.63 bits per heavy atom. The summed E-state index contributed by atoms with van der Waals surface area (Å²) in [4.78, 5) is 3.88. The lowest BCUT2D eigenvalue weighted by molar-refractivity contribution is 0.606. The number of aryl methyl sites for hydroxylation is 2. The third kappa shape index (κ3) is 3.13. The van der Waals surface area contributed by atoms with Crippen LogP contribution in [-0.4, -0.2) is 18.0 Å². The molecule has 0 N–H and O–H groups in total. The Hall–Kier alpha value is -1.40. The lowest BCUT2D eigenvalue weighted by Crippen LogP contribution is -2.03. The number of imidazole rings is 1. The van der Waals surface area contributed by atoms with Gasteiger partial charge in [0.1, 0.15) is 11.6 Å². The Kier molecular flexibility index (Phi) is 3.64. The summed E-state index contributed by atoms with van der Waals surface area (Å²) in [6.45, 7) is 3.87. The first-order chi connectivity index (χ1) is 8.77. The molecule has 0 radical (unpaired) electrons. The van der Waals surface area contributed by atoms with Crippen LogP contribution in [0.15, 0.2) is 29.4 Å². The molecule has 0 saturated heterocycles. The van der Waals surface area contributed by atoms with Gasteiger partial charge in [0.2, 0.25) is 0 Å². The van der Waals surface area contributed by atoms with E-state index in [1.54, 1.807) is 17.6 Å². The van der Waals surface area contributed by atoms with Crippen molar-refractivity contribution in [2.75, 3.05) is 0 Å². The lowest BCUT2D eigenvalue weighted by Gasteiger charge is -2.08. The van der Waals surface area contributed by atoms with Crippen LogP contribution in [0.1, 0.15) is 17.0 Å². The summed E-state index contributed by atoms with van der Waals surface area (Å²) in [5.74, 6) is 0.173. The van der Waals surface area contributed by atoms with Crippen LogP contribution in [-0.2, 0) is 15.6 Å². The van der Waals surface area contributed by atoms with E-state index in [0.29, 0.717) is 12.4 Å². The number of hydrogen-bond acceptors (Lipinski definition) is 3. The zero-order chi connectivity index (χ0) is 14.2. The van der Waals surface area contributed by atoms with Crippen LogP contribution in [0.3, 0.4) is 0 Å². The van der Waals surface area contributed by atoms with Gasteiger partial charge >= 0.3 is 0 Å². The number of halogens is 2. The predicted molar refractivity (Wildman–Crippen MR) is 70.2 cm³/mol. The Labute approximate surface area is 115 Å². The summed E-state index contributed by atoms with van der Waals surface area (Å²) in [6, 6.07) is 4.48. The number of rotatable bonds is 3. The third-order valence-corrected chi connectivity index (χ3v) is 4.03. The highest BCUT2D eigenvalue weighted by Crippen LogP contribution is 2.17. The van der Waals surface area contributed by atoms with Crippen molar-refractivity contribution < 1.29 is 12.8 Å². The van der Waals surface area contributed by atoms with Crippen molar-refractivity contribution in [1.29, 1.82) is 0 Å². The summed E-state index contributed by atoms with van der Waals surface area (Å²) in [6.07, 6.45) is 1.35. The minimum absolute atomic E-state index is 0.194. The molecule has 0 atom stereocenters. The second kappa shape index (κ2) is 4.94. The molecular formula is C12H12ClFN2O2S. The molecule has 1 aromatic heterocycles. The average Bonchev–Trinajstić information content (AvgIpc) is 2.65. The minimum Gasteiger partial charge on any atom is -0.329 e. The highest BCUT2D eigenvalue weighted by Gasteiger charge is 2.16. The number of aromatic nitrogens is 2. The quantitative estimate of drug-likeness (QED) is 0.819. The first-order valence-corrected chi connectivity index (χ1v) is 7.82. The fourth-order valence-corrected chi connectivity index (χ4v) is 2.47. The zero-order valence-corrected chi connectivity index (χ0v) is 12.0. The SMILES string of the molecule is Cc1ccc(F)cc1Cn1cc(S(=O)(=O)Cl)nc1C. The van der Waals surface area contributed by atoms with Crippen molar-refractivity contribution in [1.82, 2.24) is 9.55 Å². The second-order valence-electron chi connectivity index (χ2n) is 4.26. The average molecular weight is 303 g/mol. The van der Waals surface area contributed by atoms with E-state index in [9.17, 15) is 12.8 Å². The molecule has 0 saturated carbocycles. The van der Waals surface area contributed by atoms with E-state index in [4.69, 9.17) is 10.7 Å². The maximum Gasteiger partial charge on any atom is 0.280 e. The number of nitrogens with zero attached hydrogens (tertiary/aromatic N) is 2. The molecule has 7 heteroatoms. The van der Waals surface area contributed by atoms with Gasteiger partial charge in [-0.15, -0.1) is 0 Å². The van der Waals surface area contributed by atoms with Gasteiger partial charge in [-0.05, 0) is 37.1 Å². The van der Waals surface area contributed by atoms with Crippen molar-refractivity contribution in [2.24, 2.45) is 0 Å². The van der Waals surface area contributed by atoms with E-state index in [1.165, 1.54) is 18.3 Å². The summed E-state index contributed by atoms with van der Waals surface area (Å²) in [5, 5.41) is -0.194. The Balaban J connectivity index is 2.39. The first kappa shape index (κ1) is 14.0. The van der Waals surface area contributed by atoms with E-state index in [2.05, 4.69) is 4.98 Å². The van der Waals surface area contributed by atoms with Crippen LogP contribution in [0, 0.1) is 19.7 Å². The highest BCUT2D eigenvalue weighted by atomic mass is 35.7. The van der Waals surface area contributed by atoms with Crippen LogP contribution in [0.4, 0.5) is 4.39 Å². The van der Waals surface area contributed by atoms with E-state index >= 15 is 0 Å². The molecule has 102 valence electrons. The Morgan fingerprint density at radius 1 is 1.37 bits per heavy atom. The molecule has 0 bridgehead atoms. The molecule has 1 heterocycles.